The third-order valence-electron chi connectivity index (χ3n) is 3.93. The number of nitrogens with zero attached hydrogens (tertiary/aromatic N) is 2. The van der Waals surface area contributed by atoms with Crippen molar-refractivity contribution < 1.29 is 4.79 Å². The molecule has 0 saturated carbocycles. The van der Waals surface area contributed by atoms with Crippen LogP contribution < -0.4 is 5.32 Å². The number of carbonyl (C=O) groups is 1. The lowest BCUT2D eigenvalue weighted by Crippen LogP contribution is -2.29. The van der Waals surface area contributed by atoms with E-state index in [-0.39, 0.29) is 12.5 Å². The number of aromatic nitrogens is 2. The zero-order chi connectivity index (χ0) is 17.6. The minimum Gasteiger partial charge on any atom is -0.354 e. The van der Waals surface area contributed by atoms with Crippen LogP contribution >= 0.6 is 23.4 Å². The summed E-state index contributed by atoms with van der Waals surface area (Å²) in [7, 11) is 0. The number of halogens is 1. The molecule has 0 saturated heterocycles. The number of benzene rings is 2. The molecule has 0 radical (unpaired) electrons. The van der Waals surface area contributed by atoms with Gasteiger partial charge in [-0.05, 0) is 42.5 Å². The summed E-state index contributed by atoms with van der Waals surface area (Å²) in [5.41, 5.74) is 3.04. The van der Waals surface area contributed by atoms with Gasteiger partial charge in [-0.3, -0.25) is 4.79 Å². The Balaban J connectivity index is 1.64. The van der Waals surface area contributed by atoms with Gasteiger partial charge in [0.2, 0.25) is 5.91 Å². The zero-order valence-electron chi connectivity index (χ0n) is 14.0. The minimum absolute atomic E-state index is 0.00691. The summed E-state index contributed by atoms with van der Waals surface area (Å²) in [6.45, 7) is 0.871. The Labute approximate surface area is 156 Å². The van der Waals surface area contributed by atoms with Crippen molar-refractivity contribution >= 4 is 40.3 Å². The highest BCUT2D eigenvalue weighted by Gasteiger charge is 2.12. The maximum atomic E-state index is 12.4. The molecular formula is C19H20ClN3OS. The van der Waals surface area contributed by atoms with Crippen molar-refractivity contribution in [1.82, 2.24) is 14.9 Å². The van der Waals surface area contributed by atoms with E-state index < -0.39 is 0 Å². The van der Waals surface area contributed by atoms with Crippen LogP contribution in [0.5, 0.6) is 0 Å². The quantitative estimate of drug-likeness (QED) is 0.683. The molecule has 0 bridgehead atoms. The highest BCUT2D eigenvalue weighted by molar-refractivity contribution is 7.97. The van der Waals surface area contributed by atoms with Gasteiger partial charge in [-0.25, -0.2) is 4.98 Å². The summed E-state index contributed by atoms with van der Waals surface area (Å²) < 4.78 is 2.00. The second-order valence-electron chi connectivity index (χ2n) is 5.77. The van der Waals surface area contributed by atoms with Gasteiger partial charge in [-0.1, -0.05) is 35.9 Å². The number of thioether (sulfide) groups is 1. The summed E-state index contributed by atoms with van der Waals surface area (Å²) in [6, 6.07) is 15.6. The molecule has 130 valence electrons. The lowest BCUT2D eigenvalue weighted by Gasteiger charge is -2.10. The predicted octanol–water partition coefficient (Wildman–Crippen LogP) is 3.91. The van der Waals surface area contributed by atoms with Gasteiger partial charge in [0, 0.05) is 11.6 Å². The number of hydrogen-bond acceptors (Lipinski definition) is 3. The molecule has 0 atom stereocenters. The van der Waals surface area contributed by atoms with Gasteiger partial charge in [0.1, 0.15) is 12.4 Å². The van der Waals surface area contributed by atoms with Gasteiger partial charge < -0.3 is 9.88 Å². The van der Waals surface area contributed by atoms with Crippen LogP contribution in [0.15, 0.2) is 48.5 Å². The first-order valence-electron chi connectivity index (χ1n) is 8.11. The fraction of sp³-hybridized carbons (Fsp3) is 0.263. The van der Waals surface area contributed by atoms with Gasteiger partial charge >= 0.3 is 0 Å². The molecule has 0 aliphatic rings. The molecule has 0 spiro atoms. The van der Waals surface area contributed by atoms with Crippen molar-refractivity contribution in [2.24, 2.45) is 0 Å². The minimum atomic E-state index is -0.00691. The molecular weight excluding hydrogens is 354 g/mol. The second-order valence-corrected chi connectivity index (χ2v) is 7.07. The van der Waals surface area contributed by atoms with E-state index in [9.17, 15) is 4.79 Å². The number of nitrogens with one attached hydrogen (secondary N) is 1. The highest BCUT2D eigenvalue weighted by atomic mass is 35.5. The first kappa shape index (κ1) is 17.8. The summed E-state index contributed by atoms with van der Waals surface area (Å²) in [6.07, 6.45) is 2.80. The van der Waals surface area contributed by atoms with Crippen LogP contribution in [0, 0.1) is 0 Å². The summed E-state index contributed by atoms with van der Waals surface area (Å²) in [5.74, 6) is 1.70. The average molecular weight is 374 g/mol. The van der Waals surface area contributed by atoms with Crippen LogP contribution in [0.3, 0.4) is 0 Å². The van der Waals surface area contributed by atoms with Gasteiger partial charge in [-0.15, -0.1) is 0 Å². The van der Waals surface area contributed by atoms with E-state index in [1.165, 1.54) is 0 Å². The maximum Gasteiger partial charge on any atom is 0.240 e. The largest absolute Gasteiger partial charge is 0.354 e. The molecule has 6 heteroatoms. The Hall–Kier alpha value is -1.98. The molecule has 0 aliphatic carbocycles. The Kier molecular flexibility index (Phi) is 6.00. The van der Waals surface area contributed by atoms with Crippen LogP contribution in [0.1, 0.15) is 11.4 Å². The lowest BCUT2D eigenvalue weighted by molar-refractivity contribution is -0.121. The smallest absolute Gasteiger partial charge is 0.240 e. The first-order chi connectivity index (χ1) is 12.2. The van der Waals surface area contributed by atoms with Crippen molar-refractivity contribution in [2.75, 3.05) is 12.8 Å². The summed E-state index contributed by atoms with van der Waals surface area (Å²) in [4.78, 5) is 17.0. The van der Waals surface area contributed by atoms with Crippen molar-refractivity contribution in [3.8, 4) is 0 Å². The van der Waals surface area contributed by atoms with Crippen LogP contribution in [0.4, 0.5) is 0 Å². The van der Waals surface area contributed by atoms with Gasteiger partial charge in [0.15, 0.2) is 0 Å². The maximum absolute atomic E-state index is 12.4. The number of imidazole rings is 1. The Morgan fingerprint density at radius 3 is 2.88 bits per heavy atom. The molecule has 2 aromatic carbocycles. The molecule has 0 aliphatic heterocycles. The van der Waals surface area contributed by atoms with Crippen molar-refractivity contribution in [2.45, 2.75) is 18.7 Å². The van der Waals surface area contributed by atoms with Crippen LogP contribution in [-0.4, -0.2) is 28.3 Å². The Morgan fingerprint density at radius 2 is 2.08 bits per heavy atom. The molecule has 1 aromatic heterocycles. The number of amides is 1. The fourth-order valence-electron chi connectivity index (χ4n) is 2.78. The van der Waals surface area contributed by atoms with Crippen LogP contribution in [-0.2, 0) is 23.5 Å². The van der Waals surface area contributed by atoms with Crippen molar-refractivity contribution in [3.05, 3.63) is 64.9 Å². The van der Waals surface area contributed by atoms with E-state index in [4.69, 9.17) is 11.6 Å². The van der Waals surface area contributed by atoms with E-state index in [0.29, 0.717) is 6.54 Å². The van der Waals surface area contributed by atoms with Gasteiger partial charge in [0.05, 0.1) is 16.8 Å². The van der Waals surface area contributed by atoms with E-state index in [1.807, 2.05) is 59.4 Å². The molecule has 1 amide bonds. The summed E-state index contributed by atoms with van der Waals surface area (Å²) >= 11 is 7.68. The molecule has 4 nitrogen and oxygen atoms in total. The van der Waals surface area contributed by atoms with Gasteiger partial charge in [0.25, 0.3) is 0 Å². The topological polar surface area (TPSA) is 46.9 Å². The third-order valence-corrected chi connectivity index (χ3v) is 4.72. The average Bonchev–Trinajstić information content (AvgIpc) is 2.93. The van der Waals surface area contributed by atoms with Crippen molar-refractivity contribution in [3.63, 3.8) is 0 Å². The molecule has 0 fully saturated rings. The number of hydrogen-bond donors (Lipinski definition) is 1. The number of rotatable bonds is 7. The van der Waals surface area contributed by atoms with Crippen molar-refractivity contribution in [1.29, 1.82) is 0 Å². The van der Waals surface area contributed by atoms with Gasteiger partial charge in [-0.2, -0.15) is 11.8 Å². The molecule has 3 rings (SSSR count). The predicted molar refractivity (Wildman–Crippen MR) is 105 cm³/mol. The number of fused-ring (bicyclic) bond motifs is 1. The van der Waals surface area contributed by atoms with E-state index in [1.54, 1.807) is 11.8 Å². The molecule has 25 heavy (non-hydrogen) atoms. The first-order valence-corrected chi connectivity index (χ1v) is 9.89. The Bertz CT molecular complexity index is 878. The molecule has 1 heterocycles. The van der Waals surface area contributed by atoms with E-state index in [2.05, 4.69) is 10.3 Å². The van der Waals surface area contributed by atoms with Crippen LogP contribution in [0.2, 0.25) is 5.02 Å². The van der Waals surface area contributed by atoms with E-state index >= 15 is 0 Å². The summed E-state index contributed by atoms with van der Waals surface area (Å²) in [5, 5.41) is 3.70. The fourth-order valence-corrected chi connectivity index (χ4v) is 3.47. The van der Waals surface area contributed by atoms with E-state index in [0.717, 1.165) is 39.6 Å². The third kappa shape index (κ3) is 4.55. The highest BCUT2D eigenvalue weighted by Crippen LogP contribution is 2.18. The van der Waals surface area contributed by atoms with Crippen LogP contribution in [0.25, 0.3) is 11.0 Å². The standard InChI is InChI=1S/C19H20ClN3OS/c1-25-13-18-22-16-7-2-3-8-17(16)23(18)12-19(24)21-10-9-14-5-4-6-15(20)11-14/h2-8,11H,9-10,12-13H2,1H3,(H,21,24). The SMILES string of the molecule is CSCc1nc2ccccc2n1CC(=O)NCCc1cccc(Cl)c1. The number of para-hydroxylation sites is 2. The normalized spacial score (nSPS) is 11.0. The lowest BCUT2D eigenvalue weighted by atomic mass is 10.1. The second kappa shape index (κ2) is 8.41. The number of carbonyl (C=O) groups excluding carboxylic acids is 1. The zero-order valence-corrected chi connectivity index (χ0v) is 15.6. The molecule has 1 N–H and O–H groups in total. The monoisotopic (exact) mass is 373 g/mol. The molecule has 3 aromatic rings. The molecule has 0 unspecified atom stereocenters. The Morgan fingerprint density at radius 1 is 1.24 bits per heavy atom.